The number of phosphoric ester groups is 3. The molecule has 0 saturated heterocycles. The van der Waals surface area contributed by atoms with Crippen LogP contribution in [0.5, 0.6) is 0 Å². The molecular weight excluding hydrogens is 348 g/mol. The Kier molecular flexibility index (Phi) is 18.6. The zero-order valence-corrected chi connectivity index (χ0v) is 13.9. The first-order valence-electron chi connectivity index (χ1n) is 3.52. The summed E-state index contributed by atoms with van der Waals surface area (Å²) < 4.78 is 39.2. The van der Waals surface area contributed by atoms with Gasteiger partial charge in [0.1, 0.15) is 0 Å². The van der Waals surface area contributed by atoms with Gasteiger partial charge in [0.15, 0.2) is 0 Å². The molecule has 117 valence electrons. The molecule has 0 atom stereocenters. The molecule has 16 heteroatoms. The lowest BCUT2D eigenvalue weighted by molar-refractivity contribution is 0.233. The average molecular weight is 363 g/mol. The molecule has 0 spiro atoms. The molecule has 0 aromatic carbocycles. The summed E-state index contributed by atoms with van der Waals surface area (Å²) >= 11 is 0. The van der Waals surface area contributed by atoms with Crippen LogP contribution in [0.2, 0.25) is 0 Å². The summed E-state index contributed by atoms with van der Waals surface area (Å²) in [6, 6.07) is 0. The monoisotopic (exact) mass is 363 g/mol. The minimum Gasteiger partial charge on any atom is -0.303 e. The lowest BCUT2D eigenvalue weighted by Gasteiger charge is -1.93. The molecule has 0 fully saturated rings. The molecule has 0 aromatic heterocycles. The fourth-order valence-corrected chi connectivity index (χ4v) is 0. The van der Waals surface area contributed by atoms with Crippen molar-refractivity contribution in [3.05, 3.63) is 0 Å². The molecule has 0 heterocycles. The van der Waals surface area contributed by atoms with Crippen LogP contribution in [0.1, 0.15) is 0 Å². The van der Waals surface area contributed by atoms with Crippen molar-refractivity contribution in [2.24, 2.45) is 0 Å². The third-order valence-corrected chi connectivity index (χ3v) is 2.14. The van der Waals surface area contributed by atoms with E-state index in [1.165, 1.54) is 0 Å². The Hall–Kier alpha value is 0.862. The molecule has 0 aliphatic carbocycles. The van der Waals surface area contributed by atoms with Crippen LogP contribution in [0, 0.1) is 0 Å². The SMILES string of the molecule is COP(=O)(O)O.COP(=O)(O)O.COP(=O)(O)O.[Al]. The average Bonchev–Trinajstić information content (AvgIpc) is 2.16. The normalized spacial score (nSPS) is 11.2. The van der Waals surface area contributed by atoms with Gasteiger partial charge < -0.3 is 29.4 Å². The van der Waals surface area contributed by atoms with Gasteiger partial charge in [-0.2, -0.15) is 0 Å². The van der Waals surface area contributed by atoms with Crippen LogP contribution >= 0.6 is 23.5 Å². The second kappa shape index (κ2) is 12.6. The predicted octanol–water partition coefficient (Wildman–Crippen LogP) is -1.20. The molecule has 0 saturated carbocycles. The second-order valence-electron chi connectivity index (χ2n) is 2.02. The van der Waals surface area contributed by atoms with E-state index in [4.69, 9.17) is 29.4 Å². The Labute approximate surface area is 119 Å². The van der Waals surface area contributed by atoms with Gasteiger partial charge in [-0.3, -0.25) is 13.6 Å². The van der Waals surface area contributed by atoms with Gasteiger partial charge in [0.25, 0.3) is 0 Å². The fraction of sp³-hybridized carbons (Fsp3) is 1.00. The number of hydrogen-bond acceptors (Lipinski definition) is 6. The second-order valence-corrected chi connectivity index (χ2v) is 6.06. The first-order chi connectivity index (χ1) is 7.68. The summed E-state index contributed by atoms with van der Waals surface area (Å²) in [4.78, 5) is 46.3. The summed E-state index contributed by atoms with van der Waals surface area (Å²) in [5.41, 5.74) is 0. The van der Waals surface area contributed by atoms with E-state index in [1.54, 1.807) is 0 Å². The van der Waals surface area contributed by atoms with Crippen molar-refractivity contribution in [2.45, 2.75) is 0 Å². The molecule has 0 bridgehead atoms. The maximum Gasteiger partial charge on any atom is 0.469 e. The quantitative estimate of drug-likeness (QED) is 0.259. The topological polar surface area (TPSA) is 200 Å². The van der Waals surface area contributed by atoms with Gasteiger partial charge in [-0.1, -0.05) is 0 Å². The van der Waals surface area contributed by atoms with Crippen molar-refractivity contribution in [3.63, 3.8) is 0 Å². The third kappa shape index (κ3) is 55.1. The van der Waals surface area contributed by atoms with Gasteiger partial charge in [-0.15, -0.1) is 0 Å². The lowest BCUT2D eigenvalue weighted by Crippen LogP contribution is -1.76. The van der Waals surface area contributed by atoms with Crippen molar-refractivity contribution >= 4 is 40.8 Å². The van der Waals surface area contributed by atoms with Crippen LogP contribution in [0.25, 0.3) is 0 Å². The smallest absolute Gasteiger partial charge is 0.303 e. The predicted molar refractivity (Wildman–Crippen MR) is 62.9 cm³/mol. The molecule has 0 rings (SSSR count). The van der Waals surface area contributed by atoms with Gasteiger partial charge in [0, 0.05) is 38.7 Å². The Balaban J connectivity index is -0.0000000865. The highest BCUT2D eigenvalue weighted by atomic mass is 31.2. The van der Waals surface area contributed by atoms with E-state index in [9.17, 15) is 13.7 Å². The number of hydrogen-bond donors (Lipinski definition) is 6. The largest absolute Gasteiger partial charge is 0.469 e. The first-order valence-corrected chi connectivity index (χ1v) is 8.11. The summed E-state index contributed by atoms with van der Waals surface area (Å²) in [6.45, 7) is 0. The Bertz CT molecular complexity index is 273. The molecule has 19 heavy (non-hydrogen) atoms. The standard InChI is InChI=1S/3CH5O4P.Al/c3*1-5-6(2,3)4;/h3*1H3,(H2,2,3,4);. The van der Waals surface area contributed by atoms with Crippen LogP contribution in [0.15, 0.2) is 0 Å². The van der Waals surface area contributed by atoms with E-state index in [0.29, 0.717) is 0 Å². The minimum atomic E-state index is -4.15. The highest BCUT2D eigenvalue weighted by molar-refractivity contribution is 7.46. The molecule has 0 aliphatic rings. The summed E-state index contributed by atoms with van der Waals surface area (Å²) in [5, 5.41) is 0. The fourth-order valence-electron chi connectivity index (χ4n) is 0. The maximum absolute atomic E-state index is 9.47. The summed E-state index contributed by atoms with van der Waals surface area (Å²) in [6.07, 6.45) is 0. The van der Waals surface area contributed by atoms with Gasteiger partial charge in [0.05, 0.1) is 0 Å². The van der Waals surface area contributed by atoms with Crippen molar-refractivity contribution in [2.75, 3.05) is 21.3 Å². The van der Waals surface area contributed by atoms with Gasteiger partial charge in [-0.25, -0.2) is 13.7 Å². The molecule has 0 aliphatic heterocycles. The van der Waals surface area contributed by atoms with E-state index in [0.717, 1.165) is 21.3 Å². The van der Waals surface area contributed by atoms with E-state index in [1.807, 2.05) is 0 Å². The molecule has 0 aromatic rings. The molecular formula is C3H15AlO12P3. The van der Waals surface area contributed by atoms with Crippen LogP contribution in [0.4, 0.5) is 0 Å². The Morgan fingerprint density at radius 3 is 0.632 bits per heavy atom. The van der Waals surface area contributed by atoms with Gasteiger partial charge in [-0.05, 0) is 0 Å². The van der Waals surface area contributed by atoms with Crippen molar-refractivity contribution in [1.29, 1.82) is 0 Å². The number of phosphoric acid groups is 3. The first kappa shape index (κ1) is 28.1. The lowest BCUT2D eigenvalue weighted by atomic mass is 11.8. The zero-order chi connectivity index (χ0) is 15.6. The van der Waals surface area contributed by atoms with Crippen molar-refractivity contribution < 1.29 is 56.6 Å². The van der Waals surface area contributed by atoms with E-state index < -0.39 is 23.5 Å². The Morgan fingerprint density at radius 1 is 0.579 bits per heavy atom. The van der Waals surface area contributed by atoms with E-state index in [2.05, 4.69) is 13.6 Å². The molecule has 3 radical (unpaired) electrons. The van der Waals surface area contributed by atoms with Gasteiger partial charge in [0.2, 0.25) is 0 Å². The maximum atomic E-state index is 9.47. The molecule has 0 unspecified atom stereocenters. The third-order valence-electron chi connectivity index (χ3n) is 0.714. The summed E-state index contributed by atoms with van der Waals surface area (Å²) in [7, 11) is -9.60. The van der Waals surface area contributed by atoms with E-state index >= 15 is 0 Å². The highest BCUT2D eigenvalue weighted by Gasteiger charge is 2.08. The van der Waals surface area contributed by atoms with Crippen LogP contribution in [-0.2, 0) is 27.3 Å². The zero-order valence-electron chi connectivity index (χ0n) is 10.1. The van der Waals surface area contributed by atoms with Crippen molar-refractivity contribution in [1.82, 2.24) is 0 Å². The van der Waals surface area contributed by atoms with Crippen LogP contribution in [-0.4, -0.2) is 68.1 Å². The van der Waals surface area contributed by atoms with Gasteiger partial charge >= 0.3 is 23.5 Å². The molecule has 0 amide bonds. The van der Waals surface area contributed by atoms with E-state index in [-0.39, 0.29) is 17.4 Å². The number of rotatable bonds is 3. The summed E-state index contributed by atoms with van der Waals surface area (Å²) in [5.74, 6) is 0. The molecule has 6 N–H and O–H groups in total. The van der Waals surface area contributed by atoms with Crippen molar-refractivity contribution in [3.8, 4) is 0 Å². The Morgan fingerprint density at radius 2 is 0.632 bits per heavy atom. The highest BCUT2D eigenvalue weighted by Crippen LogP contribution is 2.34. The molecule has 12 nitrogen and oxygen atoms in total. The minimum absolute atomic E-state index is 0. The van der Waals surface area contributed by atoms with Crippen LogP contribution in [0.3, 0.4) is 0 Å². The van der Waals surface area contributed by atoms with Crippen LogP contribution < -0.4 is 0 Å².